The van der Waals surface area contributed by atoms with Crippen LogP contribution in [0.25, 0.3) is 0 Å². The zero-order chi connectivity index (χ0) is 6.81. The fourth-order valence-corrected chi connectivity index (χ4v) is 1.02. The molecule has 0 spiro atoms. The first-order valence-corrected chi connectivity index (χ1v) is 3.25. The van der Waals surface area contributed by atoms with Crippen molar-refractivity contribution in [3.63, 3.8) is 0 Å². The topological polar surface area (TPSA) is 27.0 Å². The minimum Gasteiger partial charge on any atom is -0.262 e. The summed E-state index contributed by atoms with van der Waals surface area (Å²) in [5, 5.41) is 4.15. The molecule has 0 saturated carbocycles. The summed E-state index contributed by atoms with van der Waals surface area (Å²) >= 11 is 0. The number of aromatic nitrogens is 1. The molecule has 49 valence electrons. The van der Waals surface area contributed by atoms with Gasteiger partial charge in [0.15, 0.2) is 0 Å². The van der Waals surface area contributed by atoms with E-state index in [4.69, 9.17) is 0 Å². The van der Waals surface area contributed by atoms with Gasteiger partial charge in [0.05, 0.1) is 11.9 Å². The molecule has 0 saturated heterocycles. The molecule has 0 atom stereocenters. The Kier molecular flexibility index (Phi) is 1.17. The molecule has 0 aromatic carbocycles. The summed E-state index contributed by atoms with van der Waals surface area (Å²) in [6.45, 7) is 0. The lowest BCUT2D eigenvalue weighted by Gasteiger charge is -2.07. The molecular formula is C8H7N2. The van der Waals surface area contributed by atoms with Gasteiger partial charge in [-0.05, 0) is 18.1 Å². The van der Waals surface area contributed by atoms with Crippen LogP contribution in [0.5, 0.6) is 0 Å². The number of pyridine rings is 1. The summed E-state index contributed by atoms with van der Waals surface area (Å²) in [6.07, 6.45) is 8.44. The van der Waals surface area contributed by atoms with Crippen molar-refractivity contribution >= 4 is 5.69 Å². The van der Waals surface area contributed by atoms with Crippen molar-refractivity contribution in [1.29, 1.82) is 0 Å². The van der Waals surface area contributed by atoms with E-state index in [2.05, 4.69) is 10.3 Å². The third-order valence-electron chi connectivity index (χ3n) is 1.54. The van der Waals surface area contributed by atoms with Gasteiger partial charge in [-0.15, -0.1) is 0 Å². The summed E-state index contributed by atoms with van der Waals surface area (Å²) in [5.74, 6) is 0. The number of rotatable bonds is 0. The molecule has 2 heterocycles. The second-order valence-electron chi connectivity index (χ2n) is 2.22. The monoisotopic (exact) mass is 131 g/mol. The number of nitrogens with zero attached hydrogens (tertiary/aromatic N) is 2. The minimum atomic E-state index is 0.987. The average molecular weight is 131 g/mol. The number of fused-ring (bicyclic) bond motifs is 1. The Hall–Kier alpha value is -1.31. The van der Waals surface area contributed by atoms with E-state index in [9.17, 15) is 0 Å². The van der Waals surface area contributed by atoms with Crippen molar-refractivity contribution < 1.29 is 0 Å². The van der Waals surface area contributed by atoms with E-state index in [0.29, 0.717) is 0 Å². The normalized spacial score (nSPS) is 14.0. The van der Waals surface area contributed by atoms with Gasteiger partial charge >= 0.3 is 0 Å². The van der Waals surface area contributed by atoms with Crippen LogP contribution in [-0.2, 0) is 6.42 Å². The summed E-state index contributed by atoms with van der Waals surface area (Å²) in [4.78, 5) is 3.97. The Morgan fingerprint density at radius 1 is 1.40 bits per heavy atom. The maximum Gasteiger partial charge on any atom is 0.0847 e. The van der Waals surface area contributed by atoms with Gasteiger partial charge in [-0.3, -0.25) is 10.3 Å². The zero-order valence-electron chi connectivity index (χ0n) is 5.49. The van der Waals surface area contributed by atoms with Crippen molar-refractivity contribution in [3.05, 3.63) is 36.3 Å². The van der Waals surface area contributed by atoms with Crippen LogP contribution in [0.15, 0.2) is 30.7 Å². The maximum atomic E-state index is 4.15. The van der Waals surface area contributed by atoms with Gasteiger partial charge in [0.1, 0.15) is 0 Å². The SMILES string of the molecule is C1=C[N]c2cnccc2C1. The third-order valence-corrected chi connectivity index (χ3v) is 1.54. The predicted octanol–water partition coefficient (Wildman–Crippen LogP) is 1.39. The molecule has 10 heavy (non-hydrogen) atoms. The highest BCUT2D eigenvalue weighted by molar-refractivity contribution is 5.46. The van der Waals surface area contributed by atoms with E-state index in [1.165, 1.54) is 5.56 Å². The van der Waals surface area contributed by atoms with Crippen molar-refractivity contribution in [2.24, 2.45) is 0 Å². The van der Waals surface area contributed by atoms with Crippen LogP contribution in [0.1, 0.15) is 5.56 Å². The highest BCUT2D eigenvalue weighted by Gasteiger charge is 2.02. The number of allylic oxidation sites excluding steroid dienone is 1. The minimum absolute atomic E-state index is 0.987. The van der Waals surface area contributed by atoms with Crippen molar-refractivity contribution in [2.45, 2.75) is 6.42 Å². The Morgan fingerprint density at radius 2 is 2.40 bits per heavy atom. The van der Waals surface area contributed by atoms with Crippen LogP contribution in [-0.4, -0.2) is 4.98 Å². The van der Waals surface area contributed by atoms with Gasteiger partial charge < -0.3 is 0 Å². The second kappa shape index (κ2) is 2.14. The summed E-state index contributed by atoms with van der Waals surface area (Å²) < 4.78 is 0. The molecule has 2 nitrogen and oxygen atoms in total. The van der Waals surface area contributed by atoms with Crippen LogP contribution >= 0.6 is 0 Å². The molecule has 1 radical (unpaired) electrons. The van der Waals surface area contributed by atoms with Crippen LogP contribution in [0, 0.1) is 0 Å². The van der Waals surface area contributed by atoms with E-state index in [-0.39, 0.29) is 0 Å². The van der Waals surface area contributed by atoms with Crippen LogP contribution < -0.4 is 5.32 Å². The standard InChI is InChI=1S/C8H7N2/c1-2-7-3-5-9-6-8(7)10-4-1/h1,3-6H,2H2. The molecule has 0 fully saturated rings. The largest absolute Gasteiger partial charge is 0.262 e. The highest BCUT2D eigenvalue weighted by atomic mass is 14.9. The number of hydrogen-bond acceptors (Lipinski definition) is 1. The molecule has 1 aromatic heterocycles. The Bertz CT molecular complexity index is 239. The molecule has 0 N–H and O–H groups in total. The molecule has 0 aliphatic carbocycles. The van der Waals surface area contributed by atoms with E-state index in [1.54, 1.807) is 12.4 Å². The lowest BCUT2D eigenvalue weighted by molar-refractivity contribution is 1.04. The maximum absolute atomic E-state index is 4.15. The molecule has 1 aliphatic heterocycles. The molecule has 0 amide bonds. The van der Waals surface area contributed by atoms with Crippen molar-refractivity contribution in [3.8, 4) is 0 Å². The molecule has 1 aliphatic rings. The van der Waals surface area contributed by atoms with E-state index >= 15 is 0 Å². The Labute approximate surface area is 59.6 Å². The van der Waals surface area contributed by atoms with Crippen molar-refractivity contribution in [2.75, 3.05) is 0 Å². The lowest BCUT2D eigenvalue weighted by atomic mass is 10.1. The van der Waals surface area contributed by atoms with Crippen LogP contribution in [0.3, 0.4) is 0 Å². The first kappa shape index (κ1) is 5.47. The van der Waals surface area contributed by atoms with Gasteiger partial charge in [-0.1, -0.05) is 6.08 Å². The van der Waals surface area contributed by atoms with E-state index in [1.807, 2.05) is 18.3 Å². The van der Waals surface area contributed by atoms with E-state index in [0.717, 1.165) is 12.1 Å². The van der Waals surface area contributed by atoms with Gasteiger partial charge in [0.25, 0.3) is 0 Å². The molecule has 2 heteroatoms. The van der Waals surface area contributed by atoms with Gasteiger partial charge in [0, 0.05) is 12.4 Å². The molecule has 0 unspecified atom stereocenters. The smallest absolute Gasteiger partial charge is 0.0847 e. The Balaban J connectivity index is 2.47. The van der Waals surface area contributed by atoms with Crippen molar-refractivity contribution in [1.82, 2.24) is 10.3 Å². The van der Waals surface area contributed by atoms with E-state index < -0.39 is 0 Å². The summed E-state index contributed by atoms with van der Waals surface area (Å²) in [5.41, 5.74) is 2.27. The first-order chi connectivity index (χ1) is 4.97. The van der Waals surface area contributed by atoms with Gasteiger partial charge in [0.2, 0.25) is 0 Å². The second-order valence-corrected chi connectivity index (χ2v) is 2.22. The lowest BCUT2D eigenvalue weighted by Crippen LogP contribution is -1.98. The van der Waals surface area contributed by atoms with Gasteiger partial charge in [-0.25, -0.2) is 0 Å². The fourth-order valence-electron chi connectivity index (χ4n) is 1.02. The first-order valence-electron chi connectivity index (χ1n) is 3.25. The fraction of sp³-hybridized carbons (Fsp3) is 0.125. The van der Waals surface area contributed by atoms with Crippen LogP contribution in [0.2, 0.25) is 0 Å². The molecule has 2 rings (SSSR count). The number of hydrogen-bond donors (Lipinski definition) is 0. The predicted molar refractivity (Wildman–Crippen MR) is 38.9 cm³/mol. The van der Waals surface area contributed by atoms with Gasteiger partial charge in [-0.2, -0.15) is 0 Å². The third kappa shape index (κ3) is 0.778. The summed E-state index contributed by atoms with van der Waals surface area (Å²) in [7, 11) is 0. The van der Waals surface area contributed by atoms with Crippen LogP contribution in [0.4, 0.5) is 5.69 Å². The highest BCUT2D eigenvalue weighted by Crippen LogP contribution is 2.17. The molecular weight excluding hydrogens is 124 g/mol. The summed E-state index contributed by atoms with van der Waals surface area (Å²) in [6, 6.07) is 2.00. The quantitative estimate of drug-likeness (QED) is 0.522. The molecule has 0 bridgehead atoms. The Morgan fingerprint density at radius 3 is 3.30 bits per heavy atom. The molecule has 1 aromatic rings. The zero-order valence-corrected chi connectivity index (χ0v) is 5.49. The average Bonchev–Trinajstić information content (AvgIpc) is 2.05.